The minimum absolute atomic E-state index is 0.251. The van der Waals surface area contributed by atoms with Gasteiger partial charge in [0.25, 0.3) is 0 Å². The standard InChI is InChI=1S/C23H31IO6/c1-5-26-11-13-28-20-16-21(29-14-12-27-6-2)19(24)15-18(20)22(25)30-23(17(3)4)9-7-8-10-23/h5-6,15-17H,1-2,7-14H2,3-4H3. The molecule has 0 spiro atoms. The van der Waals surface area contributed by atoms with Crippen LogP contribution in [0, 0.1) is 9.49 Å². The fourth-order valence-electron chi connectivity index (χ4n) is 3.50. The van der Waals surface area contributed by atoms with Gasteiger partial charge < -0.3 is 23.7 Å². The van der Waals surface area contributed by atoms with Gasteiger partial charge in [0.15, 0.2) is 0 Å². The summed E-state index contributed by atoms with van der Waals surface area (Å²) in [4.78, 5) is 13.2. The minimum atomic E-state index is -0.414. The Labute approximate surface area is 192 Å². The summed E-state index contributed by atoms with van der Waals surface area (Å²) in [5, 5.41) is 0. The molecule has 30 heavy (non-hydrogen) atoms. The molecule has 0 atom stereocenters. The number of rotatable bonds is 13. The first-order valence-corrected chi connectivity index (χ1v) is 11.3. The zero-order valence-electron chi connectivity index (χ0n) is 17.8. The van der Waals surface area contributed by atoms with E-state index in [-0.39, 0.29) is 18.5 Å². The van der Waals surface area contributed by atoms with Crippen molar-refractivity contribution in [1.82, 2.24) is 0 Å². The molecule has 0 saturated heterocycles. The number of carbonyl (C=O) groups excluding carboxylic acids is 1. The van der Waals surface area contributed by atoms with Gasteiger partial charge in [0.1, 0.15) is 49.1 Å². The molecule has 1 aliphatic rings. The number of benzene rings is 1. The van der Waals surface area contributed by atoms with Gasteiger partial charge in [-0.15, -0.1) is 0 Å². The van der Waals surface area contributed by atoms with E-state index in [1.54, 1.807) is 12.1 Å². The van der Waals surface area contributed by atoms with E-state index < -0.39 is 5.60 Å². The highest BCUT2D eigenvalue weighted by atomic mass is 127. The zero-order valence-corrected chi connectivity index (χ0v) is 19.9. The van der Waals surface area contributed by atoms with Crippen molar-refractivity contribution in [2.75, 3.05) is 26.4 Å². The van der Waals surface area contributed by atoms with Gasteiger partial charge in [-0.05, 0) is 60.3 Å². The molecule has 166 valence electrons. The summed E-state index contributed by atoms with van der Waals surface area (Å²) in [7, 11) is 0. The molecule has 0 aromatic heterocycles. The Bertz CT molecular complexity index is 725. The molecule has 0 unspecified atom stereocenters. The smallest absolute Gasteiger partial charge is 0.342 e. The van der Waals surface area contributed by atoms with Crippen molar-refractivity contribution in [2.45, 2.75) is 45.1 Å². The van der Waals surface area contributed by atoms with Crippen molar-refractivity contribution in [1.29, 1.82) is 0 Å². The Kier molecular flexibility index (Phi) is 9.81. The fourth-order valence-corrected chi connectivity index (χ4v) is 4.12. The zero-order chi connectivity index (χ0) is 22.0. The number of hydrogen-bond acceptors (Lipinski definition) is 6. The second kappa shape index (κ2) is 12.1. The molecule has 1 fully saturated rings. The molecular weight excluding hydrogens is 499 g/mol. The first kappa shape index (κ1) is 24.4. The quantitative estimate of drug-likeness (QED) is 0.145. The van der Waals surface area contributed by atoms with E-state index >= 15 is 0 Å². The Morgan fingerprint density at radius 3 is 2.13 bits per heavy atom. The van der Waals surface area contributed by atoms with E-state index in [9.17, 15) is 4.79 Å². The Balaban J connectivity index is 2.23. The summed E-state index contributed by atoms with van der Waals surface area (Å²) < 4.78 is 28.7. The average molecular weight is 530 g/mol. The largest absolute Gasteiger partial charge is 0.498 e. The number of carbonyl (C=O) groups is 1. The van der Waals surface area contributed by atoms with Crippen molar-refractivity contribution >= 4 is 28.6 Å². The van der Waals surface area contributed by atoms with Crippen molar-refractivity contribution in [3.05, 3.63) is 46.9 Å². The third-order valence-corrected chi connectivity index (χ3v) is 6.05. The topological polar surface area (TPSA) is 63.2 Å². The first-order valence-electron chi connectivity index (χ1n) is 10.2. The van der Waals surface area contributed by atoms with E-state index in [4.69, 9.17) is 23.7 Å². The summed E-state index contributed by atoms with van der Waals surface area (Å²) in [5.41, 5.74) is -0.0252. The molecule has 0 bridgehead atoms. The molecule has 0 aliphatic heterocycles. The van der Waals surface area contributed by atoms with Crippen LogP contribution >= 0.6 is 22.6 Å². The molecular formula is C23H31IO6. The van der Waals surface area contributed by atoms with E-state index in [1.165, 1.54) is 12.5 Å². The van der Waals surface area contributed by atoms with Crippen molar-refractivity contribution in [3.8, 4) is 11.5 Å². The third-order valence-electron chi connectivity index (χ3n) is 5.21. The minimum Gasteiger partial charge on any atom is -0.498 e. The van der Waals surface area contributed by atoms with Crippen LogP contribution in [0.1, 0.15) is 49.9 Å². The van der Waals surface area contributed by atoms with Crippen molar-refractivity contribution < 1.29 is 28.5 Å². The van der Waals surface area contributed by atoms with E-state index in [1.807, 2.05) is 0 Å². The van der Waals surface area contributed by atoms with Crippen LogP contribution in [0.5, 0.6) is 11.5 Å². The highest BCUT2D eigenvalue weighted by Gasteiger charge is 2.41. The van der Waals surface area contributed by atoms with Gasteiger partial charge in [-0.25, -0.2) is 4.79 Å². The highest BCUT2D eigenvalue weighted by molar-refractivity contribution is 14.1. The molecule has 7 heteroatoms. The lowest BCUT2D eigenvalue weighted by Gasteiger charge is -2.33. The second-order valence-corrected chi connectivity index (χ2v) is 8.53. The Morgan fingerprint density at radius 2 is 1.60 bits per heavy atom. The monoisotopic (exact) mass is 530 g/mol. The summed E-state index contributed by atoms with van der Waals surface area (Å²) >= 11 is 2.14. The molecule has 0 amide bonds. The summed E-state index contributed by atoms with van der Waals surface area (Å²) in [5.74, 6) is 0.897. The van der Waals surface area contributed by atoms with E-state index in [0.717, 1.165) is 29.3 Å². The molecule has 0 N–H and O–H groups in total. The molecule has 1 aromatic rings. The second-order valence-electron chi connectivity index (χ2n) is 7.37. The summed E-state index contributed by atoms with van der Waals surface area (Å²) in [6.45, 7) is 12.5. The van der Waals surface area contributed by atoms with Crippen LogP contribution in [-0.2, 0) is 14.2 Å². The molecule has 6 nitrogen and oxygen atoms in total. The van der Waals surface area contributed by atoms with Gasteiger partial charge in [-0.3, -0.25) is 0 Å². The molecule has 1 aliphatic carbocycles. The Hall–Kier alpha value is -1.90. The van der Waals surface area contributed by atoms with Crippen LogP contribution in [0.4, 0.5) is 0 Å². The van der Waals surface area contributed by atoms with Crippen LogP contribution < -0.4 is 9.47 Å². The Morgan fingerprint density at radius 1 is 1.03 bits per heavy atom. The van der Waals surface area contributed by atoms with Gasteiger partial charge in [0.2, 0.25) is 0 Å². The van der Waals surface area contributed by atoms with Crippen molar-refractivity contribution in [3.63, 3.8) is 0 Å². The normalized spacial score (nSPS) is 14.8. The average Bonchev–Trinajstić information content (AvgIpc) is 3.20. The summed E-state index contributed by atoms with van der Waals surface area (Å²) in [6, 6.07) is 3.47. The third kappa shape index (κ3) is 6.55. The maximum atomic E-state index is 13.2. The van der Waals surface area contributed by atoms with Gasteiger partial charge in [-0.1, -0.05) is 27.0 Å². The maximum Gasteiger partial charge on any atom is 0.342 e. The van der Waals surface area contributed by atoms with Gasteiger partial charge in [0, 0.05) is 6.07 Å². The maximum absolute atomic E-state index is 13.2. The van der Waals surface area contributed by atoms with Gasteiger partial charge >= 0.3 is 5.97 Å². The number of ether oxygens (including phenoxy) is 5. The fraction of sp³-hybridized carbons (Fsp3) is 0.522. The molecule has 1 aromatic carbocycles. The lowest BCUT2D eigenvalue weighted by molar-refractivity contribution is -0.0400. The van der Waals surface area contributed by atoms with Crippen LogP contribution in [0.2, 0.25) is 0 Å². The van der Waals surface area contributed by atoms with Crippen LogP contribution in [0.25, 0.3) is 0 Å². The molecule has 1 saturated carbocycles. The van der Waals surface area contributed by atoms with E-state index in [0.29, 0.717) is 36.9 Å². The van der Waals surface area contributed by atoms with Gasteiger partial charge in [-0.2, -0.15) is 0 Å². The van der Waals surface area contributed by atoms with Crippen LogP contribution in [-0.4, -0.2) is 38.0 Å². The molecule has 0 radical (unpaired) electrons. The number of halogens is 1. The molecule has 2 rings (SSSR count). The SMILES string of the molecule is C=COCCOc1cc(OCCOC=C)c(C(=O)OC2(C(C)C)CCCC2)cc1I. The lowest BCUT2D eigenvalue weighted by atomic mass is 9.88. The van der Waals surface area contributed by atoms with Crippen molar-refractivity contribution in [2.24, 2.45) is 5.92 Å². The summed E-state index contributed by atoms with van der Waals surface area (Å²) in [6.07, 6.45) is 6.65. The van der Waals surface area contributed by atoms with Crippen LogP contribution in [0.3, 0.4) is 0 Å². The number of esters is 1. The lowest BCUT2D eigenvalue weighted by Crippen LogP contribution is -2.37. The number of hydrogen-bond donors (Lipinski definition) is 0. The predicted octanol–water partition coefficient (Wildman–Crippen LogP) is 5.49. The first-order chi connectivity index (χ1) is 14.4. The highest BCUT2D eigenvalue weighted by Crippen LogP contribution is 2.41. The van der Waals surface area contributed by atoms with Gasteiger partial charge in [0.05, 0.1) is 16.1 Å². The predicted molar refractivity (Wildman–Crippen MR) is 124 cm³/mol. The van der Waals surface area contributed by atoms with E-state index in [2.05, 4.69) is 49.6 Å². The molecule has 0 heterocycles. The van der Waals surface area contributed by atoms with Crippen LogP contribution in [0.15, 0.2) is 37.8 Å².